The molecule has 2 unspecified atom stereocenters. The monoisotopic (exact) mass is 221 g/mol. The molecule has 0 aliphatic carbocycles. The van der Waals surface area contributed by atoms with Crippen molar-refractivity contribution in [3.05, 3.63) is 29.8 Å². The number of carboxylic acids is 1. The lowest BCUT2D eigenvalue weighted by molar-refractivity contribution is -0.140. The molecule has 1 saturated heterocycles. The van der Waals surface area contributed by atoms with Crippen LogP contribution in [0.3, 0.4) is 0 Å². The number of phenols is 1. The standard InChI is InChI=1S/C12H15NO3/c14-10-3-1-8(2-4-10)11(12(15)16)9-5-6-13-7-9/h1-4,9,11,13-14H,5-7H2,(H,15,16). The molecule has 0 spiro atoms. The Kier molecular flexibility index (Phi) is 3.10. The van der Waals surface area contributed by atoms with Gasteiger partial charge in [0.05, 0.1) is 5.92 Å². The topological polar surface area (TPSA) is 69.6 Å². The van der Waals surface area contributed by atoms with E-state index in [-0.39, 0.29) is 11.7 Å². The number of rotatable bonds is 3. The molecule has 0 amide bonds. The fraction of sp³-hybridized carbons (Fsp3) is 0.417. The molecular formula is C12H15NO3. The summed E-state index contributed by atoms with van der Waals surface area (Å²) < 4.78 is 0. The van der Waals surface area contributed by atoms with Crippen molar-refractivity contribution in [3.8, 4) is 5.75 Å². The minimum absolute atomic E-state index is 0.141. The Morgan fingerprint density at radius 3 is 2.56 bits per heavy atom. The first-order valence-electron chi connectivity index (χ1n) is 5.41. The van der Waals surface area contributed by atoms with Crippen molar-refractivity contribution in [1.29, 1.82) is 0 Å². The average Bonchev–Trinajstić information content (AvgIpc) is 2.74. The van der Waals surface area contributed by atoms with Crippen LogP contribution in [-0.2, 0) is 4.79 Å². The van der Waals surface area contributed by atoms with Gasteiger partial charge in [-0.1, -0.05) is 12.1 Å². The molecule has 0 saturated carbocycles. The predicted molar refractivity (Wildman–Crippen MR) is 59.5 cm³/mol. The summed E-state index contributed by atoms with van der Waals surface area (Å²) in [6, 6.07) is 6.44. The zero-order chi connectivity index (χ0) is 11.5. The van der Waals surface area contributed by atoms with Crippen LogP contribution in [0.4, 0.5) is 0 Å². The van der Waals surface area contributed by atoms with E-state index in [2.05, 4.69) is 5.32 Å². The van der Waals surface area contributed by atoms with Gasteiger partial charge in [-0.3, -0.25) is 4.79 Å². The van der Waals surface area contributed by atoms with Gasteiger partial charge >= 0.3 is 5.97 Å². The molecule has 86 valence electrons. The molecule has 16 heavy (non-hydrogen) atoms. The van der Waals surface area contributed by atoms with Crippen LogP contribution in [0.25, 0.3) is 0 Å². The molecule has 0 radical (unpaired) electrons. The van der Waals surface area contributed by atoms with E-state index >= 15 is 0 Å². The van der Waals surface area contributed by atoms with E-state index in [0.717, 1.165) is 25.1 Å². The first-order chi connectivity index (χ1) is 7.68. The van der Waals surface area contributed by atoms with Gasteiger partial charge in [-0.2, -0.15) is 0 Å². The van der Waals surface area contributed by atoms with E-state index in [1.54, 1.807) is 12.1 Å². The van der Waals surface area contributed by atoms with Gasteiger partial charge in [0.25, 0.3) is 0 Å². The lowest BCUT2D eigenvalue weighted by atomic mass is 9.85. The number of carboxylic acid groups (broad SMARTS) is 1. The number of hydrogen-bond acceptors (Lipinski definition) is 3. The number of hydrogen-bond donors (Lipinski definition) is 3. The number of nitrogens with one attached hydrogen (secondary N) is 1. The molecule has 1 aliphatic rings. The molecule has 4 heteroatoms. The van der Waals surface area contributed by atoms with Crippen LogP contribution < -0.4 is 5.32 Å². The van der Waals surface area contributed by atoms with Crippen LogP contribution in [0.2, 0.25) is 0 Å². The third-order valence-electron chi connectivity index (χ3n) is 3.09. The van der Waals surface area contributed by atoms with Crippen LogP contribution in [0.15, 0.2) is 24.3 Å². The second kappa shape index (κ2) is 4.53. The second-order valence-electron chi connectivity index (χ2n) is 4.16. The predicted octanol–water partition coefficient (Wildman–Crippen LogP) is 1.17. The summed E-state index contributed by atoms with van der Waals surface area (Å²) in [6.07, 6.45) is 0.887. The van der Waals surface area contributed by atoms with E-state index in [9.17, 15) is 15.0 Å². The maximum Gasteiger partial charge on any atom is 0.311 e. The lowest BCUT2D eigenvalue weighted by Gasteiger charge is -2.18. The second-order valence-corrected chi connectivity index (χ2v) is 4.16. The summed E-state index contributed by atoms with van der Waals surface area (Å²) >= 11 is 0. The highest BCUT2D eigenvalue weighted by Crippen LogP contribution is 2.30. The normalized spacial score (nSPS) is 21.9. The third kappa shape index (κ3) is 2.17. The highest BCUT2D eigenvalue weighted by Gasteiger charge is 2.31. The van der Waals surface area contributed by atoms with Crippen LogP contribution in [0.1, 0.15) is 17.9 Å². The van der Waals surface area contributed by atoms with Gasteiger partial charge in [0.15, 0.2) is 0 Å². The van der Waals surface area contributed by atoms with Crippen LogP contribution in [0, 0.1) is 5.92 Å². The zero-order valence-corrected chi connectivity index (χ0v) is 8.89. The Morgan fingerprint density at radius 1 is 1.38 bits per heavy atom. The molecule has 4 nitrogen and oxygen atoms in total. The van der Waals surface area contributed by atoms with Gasteiger partial charge in [-0.05, 0) is 43.1 Å². The molecule has 1 fully saturated rings. The first kappa shape index (κ1) is 11.0. The number of aliphatic carboxylic acids is 1. The van der Waals surface area contributed by atoms with E-state index in [1.165, 1.54) is 12.1 Å². The quantitative estimate of drug-likeness (QED) is 0.716. The molecule has 2 atom stereocenters. The fourth-order valence-corrected chi connectivity index (χ4v) is 2.26. The van der Waals surface area contributed by atoms with Gasteiger partial charge in [-0.25, -0.2) is 0 Å². The summed E-state index contributed by atoms with van der Waals surface area (Å²) in [4.78, 5) is 11.3. The number of aromatic hydroxyl groups is 1. The molecule has 1 aliphatic heterocycles. The summed E-state index contributed by atoms with van der Waals surface area (Å²) in [5, 5.41) is 21.6. The van der Waals surface area contributed by atoms with Crippen molar-refractivity contribution in [2.45, 2.75) is 12.3 Å². The zero-order valence-electron chi connectivity index (χ0n) is 8.89. The minimum atomic E-state index is -0.792. The molecule has 0 aromatic heterocycles. The Labute approximate surface area is 93.9 Å². The molecule has 1 aromatic carbocycles. The molecule has 0 bridgehead atoms. The number of phenolic OH excluding ortho intramolecular Hbond substituents is 1. The van der Waals surface area contributed by atoms with Crippen molar-refractivity contribution < 1.29 is 15.0 Å². The SMILES string of the molecule is O=C(O)C(c1ccc(O)cc1)C1CCNC1. The maximum absolute atomic E-state index is 11.3. The first-order valence-corrected chi connectivity index (χ1v) is 5.41. The van der Waals surface area contributed by atoms with Crippen molar-refractivity contribution in [3.63, 3.8) is 0 Å². The molecule has 1 aromatic rings. The summed E-state index contributed by atoms with van der Waals surface area (Å²) in [6.45, 7) is 1.63. The highest BCUT2D eigenvalue weighted by atomic mass is 16.4. The van der Waals surface area contributed by atoms with E-state index in [4.69, 9.17) is 0 Å². The van der Waals surface area contributed by atoms with Crippen LogP contribution in [-0.4, -0.2) is 29.3 Å². The van der Waals surface area contributed by atoms with E-state index in [1.807, 2.05) is 0 Å². The van der Waals surface area contributed by atoms with Crippen molar-refractivity contribution in [1.82, 2.24) is 5.32 Å². The van der Waals surface area contributed by atoms with Crippen molar-refractivity contribution >= 4 is 5.97 Å². The van der Waals surface area contributed by atoms with Gasteiger partial charge in [-0.15, -0.1) is 0 Å². The Morgan fingerprint density at radius 2 is 2.06 bits per heavy atom. The summed E-state index contributed by atoms with van der Waals surface area (Å²) in [5.41, 5.74) is 0.763. The minimum Gasteiger partial charge on any atom is -0.508 e. The Bertz CT molecular complexity index is 368. The third-order valence-corrected chi connectivity index (χ3v) is 3.09. The van der Waals surface area contributed by atoms with Crippen LogP contribution >= 0.6 is 0 Å². The lowest BCUT2D eigenvalue weighted by Crippen LogP contribution is -2.23. The van der Waals surface area contributed by atoms with Gasteiger partial charge in [0.1, 0.15) is 5.75 Å². The maximum atomic E-state index is 11.3. The average molecular weight is 221 g/mol. The molecule has 2 rings (SSSR count). The van der Waals surface area contributed by atoms with Crippen molar-refractivity contribution in [2.75, 3.05) is 13.1 Å². The van der Waals surface area contributed by atoms with Gasteiger partial charge in [0, 0.05) is 0 Å². The van der Waals surface area contributed by atoms with E-state index in [0.29, 0.717) is 0 Å². The van der Waals surface area contributed by atoms with Gasteiger partial charge < -0.3 is 15.5 Å². The molecule has 1 heterocycles. The summed E-state index contributed by atoms with van der Waals surface area (Å²) in [5.74, 6) is -0.963. The number of carbonyl (C=O) groups is 1. The molecule has 3 N–H and O–H groups in total. The summed E-state index contributed by atoms with van der Waals surface area (Å²) in [7, 11) is 0. The highest BCUT2D eigenvalue weighted by molar-refractivity contribution is 5.76. The van der Waals surface area contributed by atoms with Crippen molar-refractivity contribution in [2.24, 2.45) is 5.92 Å². The van der Waals surface area contributed by atoms with E-state index < -0.39 is 11.9 Å². The van der Waals surface area contributed by atoms with Gasteiger partial charge in [0.2, 0.25) is 0 Å². The fourth-order valence-electron chi connectivity index (χ4n) is 2.26. The van der Waals surface area contributed by atoms with Crippen LogP contribution in [0.5, 0.6) is 5.75 Å². The largest absolute Gasteiger partial charge is 0.508 e. The number of benzene rings is 1. The molecular weight excluding hydrogens is 206 g/mol. The smallest absolute Gasteiger partial charge is 0.311 e. The Hall–Kier alpha value is -1.55. The Balaban J connectivity index is 2.24.